The van der Waals surface area contributed by atoms with Crippen molar-refractivity contribution >= 4 is 0 Å². The molecule has 74 valence electrons. The summed E-state index contributed by atoms with van der Waals surface area (Å²) < 4.78 is 0. The number of hydrogen-bond donors (Lipinski definition) is 2. The van der Waals surface area contributed by atoms with E-state index < -0.39 is 0 Å². The first kappa shape index (κ1) is 10.6. The minimum absolute atomic E-state index is 0.0636. The molecule has 0 fully saturated rings. The molecule has 1 rings (SSSR count). The topological polar surface area (TPSA) is 68.9 Å². The molecule has 1 atom stereocenters. The molecule has 4 nitrogen and oxygen atoms in total. The highest BCUT2D eigenvalue weighted by molar-refractivity contribution is 5.25. The summed E-state index contributed by atoms with van der Waals surface area (Å²) in [5.74, 6) is 0. The van der Waals surface area contributed by atoms with Crippen LogP contribution in [0.5, 0.6) is 0 Å². The average molecular weight is 191 g/mol. The Morgan fingerprint density at radius 2 is 2.50 bits per heavy atom. The summed E-state index contributed by atoms with van der Waals surface area (Å²) in [6, 6.07) is 5.62. The number of pyridine rings is 1. The van der Waals surface area contributed by atoms with Gasteiger partial charge in [0.2, 0.25) is 0 Å². The first-order valence-electron chi connectivity index (χ1n) is 4.45. The molecule has 0 bridgehead atoms. The van der Waals surface area contributed by atoms with Crippen molar-refractivity contribution in [1.29, 1.82) is 5.26 Å². The van der Waals surface area contributed by atoms with Crippen LogP contribution >= 0.6 is 0 Å². The summed E-state index contributed by atoms with van der Waals surface area (Å²) >= 11 is 0. The minimum Gasteiger partial charge on any atom is -0.395 e. The standard InChI is InChI=1S/C10H13N3O/c1-8(7-14)13-6-9-2-3-12-10(4-9)5-11/h2-4,8,13-14H,6-7H2,1H3. The molecule has 0 saturated heterocycles. The van der Waals surface area contributed by atoms with Crippen LogP contribution in [0.3, 0.4) is 0 Å². The summed E-state index contributed by atoms with van der Waals surface area (Å²) in [7, 11) is 0. The third-order valence-electron chi connectivity index (χ3n) is 1.87. The van der Waals surface area contributed by atoms with Crippen molar-refractivity contribution in [3.63, 3.8) is 0 Å². The number of aliphatic hydroxyl groups is 1. The average Bonchev–Trinajstić information content (AvgIpc) is 2.26. The molecule has 0 saturated carbocycles. The molecular weight excluding hydrogens is 178 g/mol. The maximum Gasteiger partial charge on any atom is 0.140 e. The maximum absolute atomic E-state index is 8.79. The summed E-state index contributed by atoms with van der Waals surface area (Å²) in [5, 5.41) is 20.5. The van der Waals surface area contributed by atoms with Crippen LogP contribution in [0.4, 0.5) is 0 Å². The van der Waals surface area contributed by atoms with Gasteiger partial charge < -0.3 is 10.4 Å². The third-order valence-corrected chi connectivity index (χ3v) is 1.87. The van der Waals surface area contributed by atoms with Crippen molar-refractivity contribution in [3.05, 3.63) is 29.6 Å². The lowest BCUT2D eigenvalue weighted by Crippen LogP contribution is -2.28. The summed E-state index contributed by atoms with van der Waals surface area (Å²) in [4.78, 5) is 3.87. The molecule has 0 spiro atoms. The number of nitrogens with one attached hydrogen (secondary N) is 1. The zero-order chi connectivity index (χ0) is 10.4. The van der Waals surface area contributed by atoms with Crippen LogP contribution in [0.25, 0.3) is 0 Å². The normalized spacial score (nSPS) is 12.1. The first-order chi connectivity index (χ1) is 6.76. The molecular formula is C10H13N3O. The maximum atomic E-state index is 8.79. The molecule has 0 aliphatic rings. The number of aliphatic hydroxyl groups excluding tert-OH is 1. The number of nitriles is 1. The van der Waals surface area contributed by atoms with E-state index >= 15 is 0 Å². The van der Waals surface area contributed by atoms with Gasteiger partial charge in [-0.05, 0) is 24.6 Å². The Kier molecular flexibility index (Phi) is 4.05. The minimum atomic E-state index is 0.0636. The molecule has 1 heterocycles. The summed E-state index contributed by atoms with van der Waals surface area (Å²) in [6.45, 7) is 2.64. The molecule has 0 aromatic carbocycles. The number of nitrogens with zero attached hydrogens (tertiary/aromatic N) is 2. The van der Waals surface area contributed by atoms with E-state index in [1.54, 1.807) is 12.3 Å². The van der Waals surface area contributed by atoms with E-state index in [4.69, 9.17) is 10.4 Å². The van der Waals surface area contributed by atoms with Crippen LogP contribution in [0.1, 0.15) is 18.2 Å². The first-order valence-corrected chi connectivity index (χ1v) is 4.45. The van der Waals surface area contributed by atoms with E-state index in [1.807, 2.05) is 19.1 Å². The van der Waals surface area contributed by atoms with Crippen LogP contribution < -0.4 is 5.32 Å². The molecule has 2 N–H and O–H groups in total. The van der Waals surface area contributed by atoms with Crippen molar-refractivity contribution in [1.82, 2.24) is 10.3 Å². The van der Waals surface area contributed by atoms with Crippen molar-refractivity contribution in [2.45, 2.75) is 19.5 Å². The Labute approximate surface area is 83.2 Å². The van der Waals surface area contributed by atoms with E-state index in [9.17, 15) is 0 Å². The zero-order valence-corrected chi connectivity index (χ0v) is 8.07. The monoisotopic (exact) mass is 191 g/mol. The Morgan fingerprint density at radius 1 is 1.71 bits per heavy atom. The molecule has 0 radical (unpaired) electrons. The number of rotatable bonds is 4. The van der Waals surface area contributed by atoms with Gasteiger partial charge in [-0.15, -0.1) is 0 Å². The molecule has 1 aromatic heterocycles. The van der Waals surface area contributed by atoms with Crippen LogP contribution in [0, 0.1) is 11.3 Å². The van der Waals surface area contributed by atoms with E-state index in [1.165, 1.54) is 0 Å². The molecule has 4 heteroatoms. The quantitative estimate of drug-likeness (QED) is 0.723. The summed E-state index contributed by atoms with van der Waals surface area (Å²) in [5.41, 5.74) is 1.41. The van der Waals surface area contributed by atoms with Crippen LogP contribution in [0.2, 0.25) is 0 Å². The highest BCUT2D eigenvalue weighted by atomic mass is 16.3. The summed E-state index contributed by atoms with van der Waals surface area (Å²) in [6.07, 6.45) is 1.61. The van der Waals surface area contributed by atoms with Gasteiger partial charge >= 0.3 is 0 Å². The number of hydrogen-bond acceptors (Lipinski definition) is 4. The van der Waals surface area contributed by atoms with Gasteiger partial charge in [0, 0.05) is 18.8 Å². The van der Waals surface area contributed by atoms with Gasteiger partial charge in [-0.2, -0.15) is 5.26 Å². The van der Waals surface area contributed by atoms with Gasteiger partial charge in [0.1, 0.15) is 11.8 Å². The Balaban J connectivity index is 2.55. The Hall–Kier alpha value is -1.44. The van der Waals surface area contributed by atoms with Crippen LogP contribution in [-0.2, 0) is 6.54 Å². The van der Waals surface area contributed by atoms with Crippen molar-refractivity contribution in [2.75, 3.05) is 6.61 Å². The number of aromatic nitrogens is 1. The zero-order valence-electron chi connectivity index (χ0n) is 8.07. The molecule has 1 aromatic rings. The highest BCUT2D eigenvalue weighted by Crippen LogP contribution is 2.00. The molecule has 0 amide bonds. The smallest absolute Gasteiger partial charge is 0.140 e. The van der Waals surface area contributed by atoms with E-state index in [-0.39, 0.29) is 12.6 Å². The third kappa shape index (κ3) is 3.13. The van der Waals surface area contributed by atoms with Gasteiger partial charge in [-0.1, -0.05) is 0 Å². The molecule has 0 aliphatic carbocycles. The second-order valence-corrected chi connectivity index (χ2v) is 3.13. The fourth-order valence-electron chi connectivity index (χ4n) is 1.00. The molecule has 1 unspecified atom stereocenters. The highest BCUT2D eigenvalue weighted by Gasteiger charge is 2.00. The Morgan fingerprint density at radius 3 is 3.14 bits per heavy atom. The predicted octanol–water partition coefficient (Wildman–Crippen LogP) is 0.424. The largest absolute Gasteiger partial charge is 0.395 e. The fraction of sp³-hybridized carbons (Fsp3) is 0.400. The van der Waals surface area contributed by atoms with Gasteiger partial charge in [0.25, 0.3) is 0 Å². The van der Waals surface area contributed by atoms with Gasteiger partial charge in [-0.3, -0.25) is 0 Å². The van der Waals surface area contributed by atoms with Gasteiger partial charge in [0.15, 0.2) is 0 Å². The van der Waals surface area contributed by atoms with E-state index in [0.717, 1.165) is 5.56 Å². The van der Waals surface area contributed by atoms with Gasteiger partial charge in [-0.25, -0.2) is 4.98 Å². The lowest BCUT2D eigenvalue weighted by atomic mass is 10.2. The fourth-order valence-corrected chi connectivity index (χ4v) is 1.00. The van der Waals surface area contributed by atoms with Gasteiger partial charge in [0.05, 0.1) is 6.61 Å². The van der Waals surface area contributed by atoms with E-state index in [0.29, 0.717) is 12.2 Å². The van der Waals surface area contributed by atoms with Crippen LogP contribution in [0.15, 0.2) is 18.3 Å². The Bertz CT molecular complexity index is 332. The van der Waals surface area contributed by atoms with Crippen molar-refractivity contribution in [3.8, 4) is 6.07 Å². The molecule has 14 heavy (non-hydrogen) atoms. The molecule has 0 aliphatic heterocycles. The van der Waals surface area contributed by atoms with Crippen molar-refractivity contribution < 1.29 is 5.11 Å². The second-order valence-electron chi connectivity index (χ2n) is 3.13. The lowest BCUT2D eigenvalue weighted by molar-refractivity contribution is 0.251. The lowest BCUT2D eigenvalue weighted by Gasteiger charge is -2.10. The second kappa shape index (κ2) is 5.32. The van der Waals surface area contributed by atoms with E-state index in [2.05, 4.69) is 10.3 Å². The van der Waals surface area contributed by atoms with Crippen molar-refractivity contribution in [2.24, 2.45) is 0 Å². The van der Waals surface area contributed by atoms with Crippen LogP contribution in [-0.4, -0.2) is 22.7 Å². The SMILES string of the molecule is CC(CO)NCc1ccnc(C#N)c1. The predicted molar refractivity (Wildman–Crippen MR) is 52.3 cm³/mol.